The molecule has 0 aromatic rings. The van der Waals surface area contributed by atoms with Crippen LogP contribution in [0.4, 0.5) is 0 Å². The van der Waals surface area contributed by atoms with E-state index in [1.165, 1.54) is 0 Å². The predicted octanol–water partition coefficient (Wildman–Crippen LogP) is 4.18. The highest BCUT2D eigenvalue weighted by molar-refractivity contribution is 6.27. The molecule has 9 heteroatoms. The fourth-order valence-electron chi connectivity index (χ4n) is 3.09. The zero-order valence-corrected chi connectivity index (χ0v) is 20.8. The van der Waals surface area contributed by atoms with Crippen molar-refractivity contribution in [2.45, 2.75) is 96.2 Å². The quantitative estimate of drug-likeness (QED) is 0.0773. The van der Waals surface area contributed by atoms with Crippen molar-refractivity contribution in [2.24, 2.45) is 0 Å². The molecule has 0 aliphatic heterocycles. The summed E-state index contributed by atoms with van der Waals surface area (Å²) in [5.41, 5.74) is 0. The van der Waals surface area contributed by atoms with Crippen LogP contribution < -0.4 is 10.6 Å². The Hall–Kier alpha value is -1.31. The Bertz CT molecular complexity index is 546. The van der Waals surface area contributed by atoms with Crippen molar-refractivity contribution in [3.8, 4) is 0 Å². The van der Waals surface area contributed by atoms with E-state index in [9.17, 15) is 19.5 Å². The number of halogens is 2. The Morgan fingerprint density at radius 3 is 2.28 bits per heavy atom. The maximum absolute atomic E-state index is 11.6. The topological polar surface area (TPSA) is 105 Å². The molecule has 0 aromatic carbocycles. The van der Waals surface area contributed by atoms with Crippen molar-refractivity contribution in [3.05, 3.63) is 12.2 Å². The number of rotatable bonds is 20. The van der Waals surface area contributed by atoms with Gasteiger partial charge in [-0.25, -0.2) is 0 Å². The number of carbonyl (C=O) groups excluding carboxylic acids is 3. The van der Waals surface area contributed by atoms with E-state index >= 15 is 0 Å². The van der Waals surface area contributed by atoms with Gasteiger partial charge >= 0.3 is 5.97 Å². The lowest BCUT2D eigenvalue weighted by Crippen LogP contribution is -2.37. The number of esters is 1. The van der Waals surface area contributed by atoms with E-state index in [-0.39, 0.29) is 30.2 Å². The number of nitrogens with one attached hydrogen (secondary N) is 2. The molecule has 0 aliphatic carbocycles. The highest BCUT2D eigenvalue weighted by Crippen LogP contribution is 2.15. The van der Waals surface area contributed by atoms with Crippen molar-refractivity contribution < 1.29 is 24.2 Å². The van der Waals surface area contributed by atoms with Gasteiger partial charge in [0.25, 0.3) is 0 Å². The zero-order valence-electron chi connectivity index (χ0n) is 19.3. The SMILES string of the molecule is CCCCCC(OC(=O)CCl)C(O)C/C=C\CCCCCCCC(=O)NCNC(=O)CCl. The van der Waals surface area contributed by atoms with Crippen LogP contribution >= 0.6 is 23.2 Å². The zero-order chi connectivity index (χ0) is 24.0. The van der Waals surface area contributed by atoms with Gasteiger partial charge in [0.2, 0.25) is 11.8 Å². The molecule has 0 fully saturated rings. The van der Waals surface area contributed by atoms with Crippen LogP contribution in [0.15, 0.2) is 12.2 Å². The minimum Gasteiger partial charge on any atom is -0.459 e. The molecule has 0 rings (SSSR count). The number of aliphatic hydroxyl groups excluding tert-OH is 1. The van der Waals surface area contributed by atoms with E-state index in [1.807, 2.05) is 6.08 Å². The van der Waals surface area contributed by atoms with Gasteiger partial charge in [-0.2, -0.15) is 0 Å². The van der Waals surface area contributed by atoms with Crippen molar-refractivity contribution in [3.63, 3.8) is 0 Å². The van der Waals surface area contributed by atoms with Crippen LogP contribution in [-0.4, -0.2) is 53.5 Å². The van der Waals surface area contributed by atoms with E-state index in [1.54, 1.807) is 0 Å². The molecule has 0 saturated heterocycles. The van der Waals surface area contributed by atoms with Gasteiger partial charge < -0.3 is 20.5 Å². The Labute approximate surface area is 202 Å². The van der Waals surface area contributed by atoms with Gasteiger partial charge in [-0.15, -0.1) is 23.2 Å². The summed E-state index contributed by atoms with van der Waals surface area (Å²) in [6.07, 6.45) is 13.2. The average molecular weight is 495 g/mol. The number of alkyl halides is 2. The van der Waals surface area contributed by atoms with Crippen molar-refractivity contribution >= 4 is 41.0 Å². The van der Waals surface area contributed by atoms with Gasteiger partial charge in [-0.1, -0.05) is 51.2 Å². The number of aliphatic hydroxyl groups is 1. The summed E-state index contributed by atoms with van der Waals surface area (Å²) >= 11 is 10.9. The van der Waals surface area contributed by atoms with E-state index in [0.29, 0.717) is 19.3 Å². The first-order chi connectivity index (χ1) is 15.4. The van der Waals surface area contributed by atoms with Crippen LogP contribution in [-0.2, 0) is 19.1 Å². The monoisotopic (exact) mass is 494 g/mol. The lowest BCUT2D eigenvalue weighted by molar-refractivity contribution is -0.152. The van der Waals surface area contributed by atoms with Gasteiger partial charge in [0, 0.05) is 6.42 Å². The molecule has 2 amide bonds. The maximum Gasteiger partial charge on any atom is 0.321 e. The number of amides is 2. The van der Waals surface area contributed by atoms with Crippen LogP contribution in [0.5, 0.6) is 0 Å². The molecule has 186 valence electrons. The molecular weight excluding hydrogens is 455 g/mol. The van der Waals surface area contributed by atoms with Crippen LogP contribution in [0.1, 0.15) is 84.0 Å². The third kappa shape index (κ3) is 18.3. The lowest BCUT2D eigenvalue weighted by Gasteiger charge is -2.22. The summed E-state index contributed by atoms with van der Waals surface area (Å²) in [4.78, 5) is 34.0. The second-order valence-electron chi connectivity index (χ2n) is 7.75. The molecule has 0 aromatic heterocycles. The molecule has 0 saturated carbocycles. The fraction of sp³-hybridized carbons (Fsp3) is 0.783. The number of hydrogen-bond acceptors (Lipinski definition) is 5. The molecule has 7 nitrogen and oxygen atoms in total. The minimum atomic E-state index is -0.718. The van der Waals surface area contributed by atoms with Crippen molar-refractivity contribution in [2.75, 3.05) is 18.4 Å². The third-order valence-corrected chi connectivity index (χ3v) is 5.39. The standard InChI is InChI=1S/C23H40Cl2N2O5/c1-2-3-10-14-20(32-23(31)17-25)19(28)13-11-8-6-4-5-7-9-12-15-21(29)26-18-27-22(30)16-24/h8,11,19-20,28H,2-7,9-10,12-18H2,1H3,(H,26,29)(H,27,30)/b11-8-. The van der Waals surface area contributed by atoms with E-state index < -0.39 is 18.2 Å². The Kier molecular flexibility index (Phi) is 20.6. The van der Waals surface area contributed by atoms with E-state index in [2.05, 4.69) is 23.6 Å². The van der Waals surface area contributed by atoms with E-state index in [0.717, 1.165) is 57.8 Å². The smallest absolute Gasteiger partial charge is 0.321 e. The highest BCUT2D eigenvalue weighted by atomic mass is 35.5. The van der Waals surface area contributed by atoms with Gasteiger partial charge in [0.15, 0.2) is 0 Å². The Balaban J connectivity index is 3.82. The van der Waals surface area contributed by atoms with E-state index in [4.69, 9.17) is 27.9 Å². The molecule has 0 aliphatic rings. The first-order valence-corrected chi connectivity index (χ1v) is 12.7. The molecule has 32 heavy (non-hydrogen) atoms. The normalized spacial score (nSPS) is 13.0. The molecule has 0 radical (unpaired) electrons. The lowest BCUT2D eigenvalue weighted by atomic mass is 10.0. The highest BCUT2D eigenvalue weighted by Gasteiger charge is 2.21. The predicted molar refractivity (Wildman–Crippen MR) is 129 cm³/mol. The Morgan fingerprint density at radius 1 is 0.906 bits per heavy atom. The summed E-state index contributed by atoms with van der Waals surface area (Å²) in [6, 6.07) is 0. The Morgan fingerprint density at radius 2 is 1.59 bits per heavy atom. The summed E-state index contributed by atoms with van der Waals surface area (Å²) in [5.74, 6) is -1.20. The van der Waals surface area contributed by atoms with Gasteiger partial charge in [-0.3, -0.25) is 14.4 Å². The van der Waals surface area contributed by atoms with Crippen LogP contribution in [0.25, 0.3) is 0 Å². The second-order valence-corrected chi connectivity index (χ2v) is 8.28. The molecule has 0 spiro atoms. The molecule has 0 heterocycles. The number of unbranched alkanes of at least 4 members (excludes halogenated alkanes) is 7. The van der Waals surface area contributed by atoms with Crippen LogP contribution in [0, 0.1) is 0 Å². The average Bonchev–Trinajstić information content (AvgIpc) is 2.79. The largest absolute Gasteiger partial charge is 0.459 e. The minimum absolute atomic E-state index is 0.0777. The first-order valence-electron chi connectivity index (χ1n) is 11.6. The number of carbonyl (C=O) groups is 3. The summed E-state index contributed by atoms with van der Waals surface area (Å²) < 4.78 is 5.29. The number of ether oxygens (including phenoxy) is 1. The number of allylic oxidation sites excluding steroid dienone is 1. The van der Waals surface area contributed by atoms with Crippen LogP contribution in [0.2, 0.25) is 0 Å². The summed E-state index contributed by atoms with van der Waals surface area (Å²) in [7, 11) is 0. The fourth-order valence-corrected chi connectivity index (χ4v) is 3.24. The van der Waals surface area contributed by atoms with Gasteiger partial charge in [-0.05, 0) is 38.5 Å². The molecular formula is C23H40Cl2N2O5. The van der Waals surface area contributed by atoms with Crippen molar-refractivity contribution in [1.29, 1.82) is 0 Å². The summed E-state index contributed by atoms with van der Waals surface area (Å²) in [6.45, 7) is 2.21. The summed E-state index contributed by atoms with van der Waals surface area (Å²) in [5, 5.41) is 15.5. The second kappa shape index (κ2) is 21.5. The molecule has 2 atom stereocenters. The van der Waals surface area contributed by atoms with Crippen LogP contribution in [0.3, 0.4) is 0 Å². The molecule has 2 unspecified atom stereocenters. The molecule has 3 N–H and O–H groups in total. The third-order valence-electron chi connectivity index (χ3n) is 4.92. The molecule has 0 bridgehead atoms. The van der Waals surface area contributed by atoms with Gasteiger partial charge in [0.1, 0.15) is 17.9 Å². The van der Waals surface area contributed by atoms with Crippen molar-refractivity contribution in [1.82, 2.24) is 10.6 Å². The van der Waals surface area contributed by atoms with Gasteiger partial charge in [0.05, 0.1) is 12.8 Å². The first kappa shape index (κ1) is 30.7. The maximum atomic E-state index is 11.6. The number of hydrogen-bond donors (Lipinski definition) is 3.